The van der Waals surface area contributed by atoms with Crippen LogP contribution in [0.25, 0.3) is 22.7 Å². The second kappa shape index (κ2) is 12.5. The van der Waals surface area contributed by atoms with Crippen molar-refractivity contribution < 1.29 is 23.1 Å². The maximum absolute atomic E-state index is 13.7. The molecule has 1 N–H and O–H groups in total. The number of para-hydroxylation sites is 1. The molecule has 0 saturated heterocycles. The molecule has 0 radical (unpaired) electrons. The van der Waals surface area contributed by atoms with Gasteiger partial charge in [-0.15, -0.1) is 10.2 Å². The molecule has 0 aliphatic heterocycles. The van der Waals surface area contributed by atoms with Gasteiger partial charge in [-0.2, -0.15) is 0 Å². The van der Waals surface area contributed by atoms with Crippen LogP contribution in [0.2, 0.25) is 0 Å². The van der Waals surface area contributed by atoms with Gasteiger partial charge < -0.3 is 23.8 Å². The molecule has 0 saturated carbocycles. The van der Waals surface area contributed by atoms with Gasteiger partial charge in [-0.3, -0.25) is 4.79 Å². The third kappa shape index (κ3) is 6.15. The van der Waals surface area contributed by atoms with Gasteiger partial charge in [-0.25, -0.2) is 9.37 Å². The number of aryl methyl sites for hydroxylation is 2. The number of thioether (sulfide) groups is 1. The van der Waals surface area contributed by atoms with Crippen molar-refractivity contribution in [3.8, 4) is 34.2 Å². The molecule has 1 atom stereocenters. The summed E-state index contributed by atoms with van der Waals surface area (Å²) in [5, 5.41) is 11.6. The summed E-state index contributed by atoms with van der Waals surface area (Å²) in [5.74, 6) is 1.27. The van der Waals surface area contributed by atoms with Crippen molar-refractivity contribution in [2.45, 2.75) is 37.7 Å². The van der Waals surface area contributed by atoms with Gasteiger partial charge in [0.15, 0.2) is 16.7 Å². The van der Waals surface area contributed by atoms with Gasteiger partial charge in [0, 0.05) is 11.3 Å². The highest BCUT2D eigenvalue weighted by Crippen LogP contribution is 2.33. The summed E-state index contributed by atoms with van der Waals surface area (Å²) in [5.41, 5.74) is 4.92. The molecule has 2 aromatic heterocycles. The first kappa shape index (κ1) is 28.9. The molecule has 9 nitrogen and oxygen atoms in total. The molecule has 0 aliphatic carbocycles. The summed E-state index contributed by atoms with van der Waals surface area (Å²) in [4.78, 5) is 17.8. The van der Waals surface area contributed by atoms with Crippen LogP contribution in [-0.2, 0) is 11.3 Å². The fourth-order valence-corrected chi connectivity index (χ4v) is 5.33. The van der Waals surface area contributed by atoms with Crippen molar-refractivity contribution in [1.29, 1.82) is 0 Å². The van der Waals surface area contributed by atoms with Crippen LogP contribution in [0, 0.1) is 19.7 Å². The third-order valence-corrected chi connectivity index (χ3v) is 7.83. The van der Waals surface area contributed by atoms with Crippen molar-refractivity contribution in [2.24, 2.45) is 0 Å². The Morgan fingerprint density at radius 1 is 1.00 bits per heavy atom. The molecule has 0 spiro atoms. The van der Waals surface area contributed by atoms with E-state index in [9.17, 15) is 9.18 Å². The van der Waals surface area contributed by atoms with Crippen LogP contribution in [0.1, 0.15) is 23.9 Å². The number of hydrogen-bond acceptors (Lipinski definition) is 8. The summed E-state index contributed by atoms with van der Waals surface area (Å²) in [6, 6.07) is 17.3. The van der Waals surface area contributed by atoms with Crippen molar-refractivity contribution in [3.63, 3.8) is 0 Å². The number of hydrogen-bond donors (Lipinski definition) is 1. The summed E-state index contributed by atoms with van der Waals surface area (Å²) in [6.07, 6.45) is 1.69. The van der Waals surface area contributed by atoms with Gasteiger partial charge in [-0.05, 0) is 79.9 Å². The second-order valence-electron chi connectivity index (χ2n) is 9.61. The zero-order chi connectivity index (χ0) is 29.8. The van der Waals surface area contributed by atoms with E-state index in [-0.39, 0.29) is 18.3 Å². The van der Waals surface area contributed by atoms with Crippen molar-refractivity contribution in [2.75, 3.05) is 19.5 Å². The van der Waals surface area contributed by atoms with Gasteiger partial charge in [-0.1, -0.05) is 30.0 Å². The number of carbonyl (C=O) groups excluding carboxylic acids is 1. The van der Waals surface area contributed by atoms with Gasteiger partial charge in [0.25, 0.3) is 0 Å². The lowest BCUT2D eigenvalue weighted by Gasteiger charge is -2.16. The number of anilines is 1. The smallest absolute Gasteiger partial charge is 0.247 e. The Hall–Kier alpha value is -4.64. The lowest BCUT2D eigenvalue weighted by molar-refractivity contribution is -0.115. The van der Waals surface area contributed by atoms with Crippen LogP contribution in [0.4, 0.5) is 10.1 Å². The molecule has 1 amide bonds. The normalized spacial score (nSPS) is 11.8. The molecule has 0 aliphatic rings. The van der Waals surface area contributed by atoms with E-state index in [4.69, 9.17) is 13.9 Å². The number of imidazole rings is 1. The molecule has 42 heavy (non-hydrogen) atoms. The predicted molar refractivity (Wildman–Crippen MR) is 159 cm³/mol. The maximum Gasteiger partial charge on any atom is 0.247 e. The third-order valence-electron chi connectivity index (χ3n) is 6.73. The number of amides is 1. The molecule has 5 rings (SSSR count). The van der Waals surface area contributed by atoms with Crippen molar-refractivity contribution in [1.82, 2.24) is 19.7 Å². The quantitative estimate of drug-likeness (QED) is 0.184. The zero-order valence-electron chi connectivity index (χ0n) is 23.8. The summed E-state index contributed by atoms with van der Waals surface area (Å²) in [7, 11) is 3.12. The van der Waals surface area contributed by atoms with Crippen LogP contribution < -0.4 is 14.8 Å². The topological polar surface area (TPSA) is 104 Å². The number of carbonyl (C=O) groups is 1. The lowest BCUT2D eigenvalue weighted by atomic mass is 10.1. The van der Waals surface area contributed by atoms with E-state index in [0.717, 1.165) is 22.4 Å². The average Bonchev–Trinajstić information content (AvgIpc) is 3.62. The highest BCUT2D eigenvalue weighted by molar-refractivity contribution is 8.00. The van der Waals surface area contributed by atoms with Gasteiger partial charge in [0.05, 0.1) is 31.4 Å². The molecule has 5 aromatic rings. The number of benzene rings is 3. The Morgan fingerprint density at radius 2 is 1.69 bits per heavy atom. The first-order valence-electron chi connectivity index (χ1n) is 13.2. The second-order valence-corrected chi connectivity index (χ2v) is 10.9. The van der Waals surface area contributed by atoms with E-state index in [2.05, 4.69) is 20.5 Å². The summed E-state index contributed by atoms with van der Waals surface area (Å²) < 4.78 is 32.3. The van der Waals surface area contributed by atoms with E-state index in [1.54, 1.807) is 50.7 Å². The zero-order valence-corrected chi connectivity index (χ0v) is 24.7. The first-order valence-corrected chi connectivity index (χ1v) is 14.0. The van der Waals surface area contributed by atoms with E-state index in [1.165, 1.54) is 23.9 Å². The average molecular weight is 588 g/mol. The maximum atomic E-state index is 13.7. The van der Waals surface area contributed by atoms with Crippen LogP contribution in [-0.4, -0.2) is 45.1 Å². The summed E-state index contributed by atoms with van der Waals surface area (Å²) >= 11 is 1.30. The Balaban J connectivity index is 1.43. The fraction of sp³-hybridized carbons (Fsp3) is 0.226. The SMILES string of the molecule is COc1ccc(-c2nnc(Cn3c(-c4ccc(F)cc4)cnc3SC(C)C(=O)Nc3c(C)cccc3C)o2)cc1OC. The highest BCUT2D eigenvalue weighted by atomic mass is 32.2. The Kier molecular flexibility index (Phi) is 8.58. The monoisotopic (exact) mass is 587 g/mol. The van der Waals surface area contributed by atoms with Crippen molar-refractivity contribution >= 4 is 23.4 Å². The standard InChI is InChI=1S/C31H30FN5O4S/c1-18-7-6-8-19(2)28(18)34-29(38)20(3)42-31-33-16-24(21-9-12-23(32)13-10-21)37(31)17-27-35-36-30(41-27)22-11-14-25(39-4)26(15-22)40-5/h6-16,20H,17H2,1-5H3,(H,34,38). The van der Waals surface area contributed by atoms with Crippen LogP contribution in [0.3, 0.4) is 0 Å². The molecule has 0 fully saturated rings. The molecule has 1 unspecified atom stereocenters. The number of ether oxygens (including phenoxy) is 2. The minimum absolute atomic E-state index is 0.149. The van der Waals surface area contributed by atoms with E-state index in [0.29, 0.717) is 39.7 Å². The fourth-order valence-electron chi connectivity index (χ4n) is 4.44. The summed E-state index contributed by atoms with van der Waals surface area (Å²) in [6.45, 7) is 5.93. The predicted octanol–water partition coefficient (Wildman–Crippen LogP) is 6.54. The van der Waals surface area contributed by atoms with Gasteiger partial charge >= 0.3 is 0 Å². The molecule has 11 heteroatoms. The lowest BCUT2D eigenvalue weighted by Crippen LogP contribution is -2.24. The van der Waals surface area contributed by atoms with E-state index in [1.807, 2.05) is 43.5 Å². The minimum Gasteiger partial charge on any atom is -0.493 e. The Bertz CT molecular complexity index is 1700. The number of halogens is 1. The molecule has 3 aromatic carbocycles. The van der Waals surface area contributed by atoms with Crippen LogP contribution >= 0.6 is 11.8 Å². The number of nitrogens with zero attached hydrogens (tertiary/aromatic N) is 4. The van der Waals surface area contributed by atoms with E-state index < -0.39 is 5.25 Å². The minimum atomic E-state index is -0.476. The first-order chi connectivity index (χ1) is 20.3. The highest BCUT2D eigenvalue weighted by Gasteiger charge is 2.22. The number of rotatable bonds is 10. The van der Waals surface area contributed by atoms with Gasteiger partial charge in [0.2, 0.25) is 17.7 Å². The molecular weight excluding hydrogens is 557 g/mol. The van der Waals surface area contributed by atoms with Crippen LogP contribution in [0.15, 0.2) is 76.4 Å². The Morgan fingerprint density at radius 3 is 2.38 bits per heavy atom. The number of nitrogens with one attached hydrogen (secondary N) is 1. The van der Waals surface area contributed by atoms with Crippen LogP contribution in [0.5, 0.6) is 11.5 Å². The van der Waals surface area contributed by atoms with E-state index >= 15 is 0 Å². The van der Waals surface area contributed by atoms with Gasteiger partial charge in [0.1, 0.15) is 12.4 Å². The largest absolute Gasteiger partial charge is 0.493 e. The molecule has 216 valence electrons. The molecule has 0 bridgehead atoms. The van der Waals surface area contributed by atoms with Crippen molar-refractivity contribution in [3.05, 3.63) is 89.7 Å². The number of aromatic nitrogens is 4. The number of methoxy groups -OCH3 is 2. The molecule has 2 heterocycles. The Labute approximate surface area is 247 Å². The molecular formula is C31H30FN5O4S.